The largest absolute Gasteiger partial charge is 0.497 e. The van der Waals surface area contributed by atoms with E-state index in [-0.39, 0.29) is 25.6 Å². The highest BCUT2D eigenvalue weighted by atomic mass is 32.2. The smallest absolute Gasteiger partial charge is 0.235 e. The lowest BCUT2D eigenvalue weighted by Crippen LogP contribution is -2.41. The molecule has 0 saturated heterocycles. The number of hydrogen-bond donors (Lipinski definition) is 1. The van der Waals surface area contributed by atoms with Crippen molar-refractivity contribution in [3.63, 3.8) is 0 Å². The monoisotopic (exact) mass is 392 g/mol. The number of amides is 1. The molecule has 0 atom stereocenters. The van der Waals surface area contributed by atoms with Crippen molar-refractivity contribution in [2.75, 3.05) is 33.1 Å². The minimum atomic E-state index is -3.54. The molecule has 2 aromatic carbocycles. The van der Waals surface area contributed by atoms with E-state index in [1.807, 2.05) is 30.3 Å². The first-order valence-corrected chi connectivity index (χ1v) is 10.3. The van der Waals surface area contributed by atoms with Gasteiger partial charge in [-0.25, -0.2) is 8.42 Å². The van der Waals surface area contributed by atoms with Gasteiger partial charge in [-0.05, 0) is 29.8 Å². The SMILES string of the molecule is COc1ccc(OCCN(CC(=O)NCc2ccccc2)S(C)(=O)=O)cc1. The highest BCUT2D eigenvalue weighted by Gasteiger charge is 2.20. The number of rotatable bonds is 10. The quantitative estimate of drug-likeness (QED) is 0.665. The van der Waals surface area contributed by atoms with Crippen LogP contribution in [0, 0.1) is 0 Å². The second-order valence-corrected chi connectivity index (χ2v) is 7.87. The molecule has 0 fully saturated rings. The predicted octanol–water partition coefficient (Wildman–Crippen LogP) is 1.65. The average molecular weight is 392 g/mol. The Morgan fingerprint density at radius 1 is 1.04 bits per heavy atom. The van der Waals surface area contributed by atoms with Crippen LogP contribution in [0.5, 0.6) is 11.5 Å². The van der Waals surface area contributed by atoms with Gasteiger partial charge in [-0.15, -0.1) is 0 Å². The summed E-state index contributed by atoms with van der Waals surface area (Å²) in [4.78, 5) is 12.1. The number of ether oxygens (including phenoxy) is 2. The molecular weight excluding hydrogens is 368 g/mol. The first-order valence-electron chi connectivity index (χ1n) is 8.41. The van der Waals surface area contributed by atoms with Crippen LogP contribution in [0.25, 0.3) is 0 Å². The summed E-state index contributed by atoms with van der Waals surface area (Å²) in [5.41, 5.74) is 0.944. The van der Waals surface area contributed by atoms with Gasteiger partial charge in [0.1, 0.15) is 18.1 Å². The zero-order valence-electron chi connectivity index (χ0n) is 15.4. The Morgan fingerprint density at radius 3 is 2.26 bits per heavy atom. The van der Waals surface area contributed by atoms with Crippen molar-refractivity contribution in [3.05, 3.63) is 60.2 Å². The van der Waals surface area contributed by atoms with Crippen molar-refractivity contribution >= 4 is 15.9 Å². The fraction of sp³-hybridized carbons (Fsp3) is 0.316. The topological polar surface area (TPSA) is 84.9 Å². The molecule has 2 rings (SSSR count). The Bertz CT molecular complexity index is 823. The van der Waals surface area contributed by atoms with Gasteiger partial charge in [0.05, 0.1) is 19.9 Å². The van der Waals surface area contributed by atoms with Gasteiger partial charge in [-0.1, -0.05) is 30.3 Å². The summed E-state index contributed by atoms with van der Waals surface area (Å²) in [5, 5.41) is 2.72. The molecule has 1 amide bonds. The van der Waals surface area contributed by atoms with Crippen molar-refractivity contribution in [3.8, 4) is 11.5 Å². The van der Waals surface area contributed by atoms with E-state index in [1.54, 1.807) is 31.4 Å². The zero-order chi connectivity index (χ0) is 19.7. The predicted molar refractivity (Wildman–Crippen MR) is 103 cm³/mol. The van der Waals surface area contributed by atoms with Gasteiger partial charge in [-0.2, -0.15) is 4.31 Å². The summed E-state index contributed by atoms with van der Waals surface area (Å²) in [6, 6.07) is 16.4. The molecule has 0 aliphatic rings. The van der Waals surface area contributed by atoms with Gasteiger partial charge in [0.15, 0.2) is 0 Å². The number of benzene rings is 2. The van der Waals surface area contributed by atoms with Crippen LogP contribution in [0.3, 0.4) is 0 Å². The number of methoxy groups -OCH3 is 1. The molecule has 27 heavy (non-hydrogen) atoms. The molecule has 0 unspecified atom stereocenters. The fourth-order valence-corrected chi connectivity index (χ4v) is 3.07. The molecule has 0 saturated carbocycles. The molecule has 8 heteroatoms. The molecule has 0 bridgehead atoms. The molecule has 0 aliphatic carbocycles. The third-order valence-electron chi connectivity index (χ3n) is 3.79. The van der Waals surface area contributed by atoms with Gasteiger partial charge in [0.25, 0.3) is 0 Å². The Kier molecular flexibility index (Phi) is 7.63. The lowest BCUT2D eigenvalue weighted by atomic mass is 10.2. The molecule has 0 aliphatic heterocycles. The average Bonchev–Trinajstić information content (AvgIpc) is 2.66. The minimum absolute atomic E-state index is 0.0730. The van der Waals surface area contributed by atoms with Crippen LogP contribution in [0.2, 0.25) is 0 Å². The van der Waals surface area contributed by atoms with E-state index >= 15 is 0 Å². The Labute approximate surface area is 160 Å². The van der Waals surface area contributed by atoms with Crippen molar-refractivity contribution in [2.24, 2.45) is 0 Å². The van der Waals surface area contributed by atoms with Crippen LogP contribution >= 0.6 is 0 Å². The van der Waals surface area contributed by atoms with Gasteiger partial charge in [-0.3, -0.25) is 4.79 Å². The molecule has 2 aromatic rings. The Morgan fingerprint density at radius 2 is 1.67 bits per heavy atom. The summed E-state index contributed by atoms with van der Waals surface area (Å²) in [7, 11) is -1.96. The number of carbonyl (C=O) groups is 1. The van der Waals surface area contributed by atoms with E-state index in [4.69, 9.17) is 9.47 Å². The molecule has 146 valence electrons. The first-order chi connectivity index (χ1) is 12.9. The fourth-order valence-electron chi connectivity index (χ4n) is 2.31. The molecule has 0 radical (unpaired) electrons. The normalized spacial score (nSPS) is 11.2. The number of carbonyl (C=O) groups excluding carboxylic acids is 1. The maximum absolute atomic E-state index is 12.1. The molecule has 0 aromatic heterocycles. The van der Waals surface area contributed by atoms with E-state index in [9.17, 15) is 13.2 Å². The van der Waals surface area contributed by atoms with Gasteiger partial charge < -0.3 is 14.8 Å². The summed E-state index contributed by atoms with van der Waals surface area (Å²) < 4.78 is 35.6. The van der Waals surface area contributed by atoms with Crippen LogP contribution in [0.4, 0.5) is 0 Å². The molecular formula is C19H24N2O5S. The summed E-state index contributed by atoms with van der Waals surface area (Å²) in [6.45, 7) is 0.298. The number of nitrogens with one attached hydrogen (secondary N) is 1. The van der Waals surface area contributed by atoms with Crippen molar-refractivity contribution < 1.29 is 22.7 Å². The Balaban J connectivity index is 1.84. The van der Waals surface area contributed by atoms with E-state index < -0.39 is 10.0 Å². The standard InChI is InChI=1S/C19H24N2O5S/c1-25-17-8-10-18(11-9-17)26-13-12-21(27(2,23)24)15-19(22)20-14-16-6-4-3-5-7-16/h3-11H,12-15H2,1-2H3,(H,20,22). The molecule has 7 nitrogen and oxygen atoms in total. The number of sulfonamides is 1. The van der Waals surface area contributed by atoms with Crippen molar-refractivity contribution in [1.29, 1.82) is 0 Å². The maximum Gasteiger partial charge on any atom is 0.235 e. The third-order valence-corrected chi connectivity index (χ3v) is 5.04. The van der Waals surface area contributed by atoms with Crippen LogP contribution in [-0.4, -0.2) is 51.7 Å². The first kappa shape index (κ1) is 20.7. The summed E-state index contributed by atoms with van der Waals surface area (Å²) in [6.07, 6.45) is 1.07. The number of nitrogens with zero attached hydrogens (tertiary/aromatic N) is 1. The minimum Gasteiger partial charge on any atom is -0.497 e. The second kappa shape index (κ2) is 9.94. The van der Waals surface area contributed by atoms with Gasteiger partial charge in [0.2, 0.25) is 15.9 Å². The molecule has 0 spiro atoms. The highest BCUT2D eigenvalue weighted by Crippen LogP contribution is 2.17. The van der Waals surface area contributed by atoms with E-state index in [2.05, 4.69) is 5.32 Å². The van der Waals surface area contributed by atoms with E-state index in [0.29, 0.717) is 18.0 Å². The van der Waals surface area contributed by atoms with E-state index in [0.717, 1.165) is 16.1 Å². The van der Waals surface area contributed by atoms with Crippen LogP contribution in [0.1, 0.15) is 5.56 Å². The molecule has 1 N–H and O–H groups in total. The van der Waals surface area contributed by atoms with Crippen LogP contribution in [0.15, 0.2) is 54.6 Å². The Hall–Kier alpha value is -2.58. The van der Waals surface area contributed by atoms with Gasteiger partial charge in [0, 0.05) is 13.1 Å². The summed E-state index contributed by atoms with van der Waals surface area (Å²) >= 11 is 0. The van der Waals surface area contributed by atoms with Crippen molar-refractivity contribution in [2.45, 2.75) is 6.54 Å². The van der Waals surface area contributed by atoms with Crippen LogP contribution in [-0.2, 0) is 21.4 Å². The van der Waals surface area contributed by atoms with Gasteiger partial charge >= 0.3 is 0 Å². The lowest BCUT2D eigenvalue weighted by Gasteiger charge is -2.19. The zero-order valence-corrected chi connectivity index (χ0v) is 16.2. The number of hydrogen-bond acceptors (Lipinski definition) is 5. The highest BCUT2D eigenvalue weighted by molar-refractivity contribution is 7.88. The summed E-state index contributed by atoms with van der Waals surface area (Å²) in [5.74, 6) is 0.932. The third kappa shape index (κ3) is 7.28. The van der Waals surface area contributed by atoms with Crippen molar-refractivity contribution in [1.82, 2.24) is 9.62 Å². The van der Waals surface area contributed by atoms with E-state index in [1.165, 1.54) is 0 Å². The van der Waals surface area contributed by atoms with Crippen LogP contribution < -0.4 is 14.8 Å². The maximum atomic E-state index is 12.1. The molecule has 0 heterocycles. The second-order valence-electron chi connectivity index (χ2n) is 5.88. The lowest BCUT2D eigenvalue weighted by molar-refractivity contribution is -0.121.